The molecule has 0 aliphatic heterocycles. The molecule has 2 aromatic rings. The van der Waals surface area contributed by atoms with E-state index < -0.39 is 5.97 Å². The number of aryl methyl sites for hydroxylation is 1. The van der Waals surface area contributed by atoms with Crippen LogP contribution in [0, 0.1) is 13.8 Å². The summed E-state index contributed by atoms with van der Waals surface area (Å²) in [5, 5.41) is 0. The summed E-state index contributed by atoms with van der Waals surface area (Å²) in [7, 11) is 1.88. The van der Waals surface area contributed by atoms with Crippen molar-refractivity contribution in [1.29, 1.82) is 0 Å². The van der Waals surface area contributed by atoms with Crippen LogP contribution in [0.4, 0.5) is 0 Å². The highest BCUT2D eigenvalue weighted by atomic mass is 32.1. The van der Waals surface area contributed by atoms with Gasteiger partial charge in [-0.15, -0.1) is 11.3 Å². The largest absolute Gasteiger partial charge is 0.453 e. The van der Waals surface area contributed by atoms with Crippen molar-refractivity contribution in [2.24, 2.45) is 7.05 Å². The number of aromatic nitrogens is 1. The lowest BCUT2D eigenvalue weighted by atomic mass is 10.1. The molecule has 0 bridgehead atoms. The number of hydrogen-bond donors (Lipinski definition) is 0. The van der Waals surface area contributed by atoms with Gasteiger partial charge >= 0.3 is 5.97 Å². The van der Waals surface area contributed by atoms with Gasteiger partial charge < -0.3 is 9.30 Å². The van der Waals surface area contributed by atoms with Gasteiger partial charge in [-0.25, -0.2) is 4.79 Å². The molecule has 0 atom stereocenters. The smallest absolute Gasteiger partial charge is 0.348 e. The first-order chi connectivity index (χ1) is 10.3. The van der Waals surface area contributed by atoms with E-state index in [1.54, 1.807) is 12.1 Å². The topological polar surface area (TPSA) is 65.4 Å². The van der Waals surface area contributed by atoms with E-state index in [0.717, 1.165) is 22.7 Å². The van der Waals surface area contributed by atoms with Crippen LogP contribution in [-0.4, -0.2) is 28.7 Å². The quantitative estimate of drug-likeness (QED) is 0.628. The van der Waals surface area contributed by atoms with Crippen LogP contribution < -0.4 is 0 Å². The molecule has 6 heteroatoms. The molecule has 22 heavy (non-hydrogen) atoms. The van der Waals surface area contributed by atoms with Crippen LogP contribution in [0.15, 0.2) is 18.2 Å². The van der Waals surface area contributed by atoms with E-state index >= 15 is 0 Å². The Kier molecular flexibility index (Phi) is 4.61. The van der Waals surface area contributed by atoms with Gasteiger partial charge in [-0.05, 0) is 39.0 Å². The number of nitrogens with zero attached hydrogens (tertiary/aromatic N) is 1. The zero-order valence-corrected chi connectivity index (χ0v) is 13.7. The van der Waals surface area contributed by atoms with E-state index in [1.807, 2.05) is 25.5 Å². The Morgan fingerprint density at radius 3 is 2.32 bits per heavy atom. The summed E-state index contributed by atoms with van der Waals surface area (Å²) in [4.78, 5) is 36.0. The summed E-state index contributed by atoms with van der Waals surface area (Å²) >= 11 is 1.07. The third kappa shape index (κ3) is 3.17. The van der Waals surface area contributed by atoms with Crippen molar-refractivity contribution < 1.29 is 19.1 Å². The lowest BCUT2D eigenvalue weighted by molar-refractivity contribution is 0.0479. The average Bonchev–Trinajstić information content (AvgIpc) is 3.06. The van der Waals surface area contributed by atoms with Crippen molar-refractivity contribution in [3.05, 3.63) is 44.9 Å². The Bertz CT molecular complexity index is 754. The summed E-state index contributed by atoms with van der Waals surface area (Å²) in [6, 6.07) is 4.90. The van der Waals surface area contributed by atoms with E-state index in [0.29, 0.717) is 15.3 Å². The predicted octanol–water partition coefficient (Wildman–Crippen LogP) is 2.95. The van der Waals surface area contributed by atoms with Crippen molar-refractivity contribution in [2.75, 3.05) is 6.61 Å². The molecule has 0 fully saturated rings. The van der Waals surface area contributed by atoms with Crippen molar-refractivity contribution in [2.45, 2.75) is 20.8 Å². The molecule has 0 saturated heterocycles. The van der Waals surface area contributed by atoms with Gasteiger partial charge in [0.25, 0.3) is 0 Å². The fourth-order valence-electron chi connectivity index (χ4n) is 2.05. The number of carbonyl (C=O) groups excluding carboxylic acids is 3. The van der Waals surface area contributed by atoms with Gasteiger partial charge in [0.1, 0.15) is 4.88 Å². The highest BCUT2D eigenvalue weighted by Gasteiger charge is 2.18. The number of rotatable bonds is 5. The Balaban J connectivity index is 2.02. The number of esters is 1. The maximum atomic E-state index is 12.1. The van der Waals surface area contributed by atoms with Crippen molar-refractivity contribution in [1.82, 2.24) is 4.57 Å². The summed E-state index contributed by atoms with van der Waals surface area (Å²) < 4.78 is 6.95. The van der Waals surface area contributed by atoms with Crippen molar-refractivity contribution in [3.8, 4) is 0 Å². The molecule has 0 spiro atoms. The van der Waals surface area contributed by atoms with E-state index in [9.17, 15) is 14.4 Å². The van der Waals surface area contributed by atoms with E-state index in [2.05, 4.69) is 0 Å². The molecule has 0 amide bonds. The van der Waals surface area contributed by atoms with Crippen LogP contribution >= 0.6 is 11.3 Å². The van der Waals surface area contributed by atoms with Crippen LogP contribution in [0.2, 0.25) is 0 Å². The number of ketones is 2. The van der Waals surface area contributed by atoms with Crippen LogP contribution in [0.1, 0.15) is 48.0 Å². The van der Waals surface area contributed by atoms with Gasteiger partial charge in [-0.3, -0.25) is 9.59 Å². The second kappa shape index (κ2) is 6.27. The monoisotopic (exact) mass is 319 g/mol. The minimum atomic E-state index is -0.587. The van der Waals surface area contributed by atoms with Gasteiger partial charge in [0.05, 0.1) is 4.88 Å². The SMILES string of the molecule is CC(=O)c1ccc(C(=O)OCC(=O)c2cc(C)n(C)c2C)s1. The highest BCUT2D eigenvalue weighted by molar-refractivity contribution is 7.15. The standard InChI is InChI=1S/C16H17NO4S/c1-9-7-12(10(2)17(9)4)13(19)8-21-16(20)15-6-5-14(22-15)11(3)18/h5-7H,8H2,1-4H3. The fourth-order valence-corrected chi connectivity index (χ4v) is 2.85. The van der Waals surface area contributed by atoms with Crippen molar-refractivity contribution in [3.63, 3.8) is 0 Å². The fraction of sp³-hybridized carbons (Fsp3) is 0.312. The summed E-state index contributed by atoms with van der Waals surface area (Å²) in [5.74, 6) is -0.926. The molecular formula is C16H17NO4S. The van der Waals surface area contributed by atoms with Gasteiger partial charge in [-0.1, -0.05) is 0 Å². The molecule has 0 aromatic carbocycles. The Hall–Kier alpha value is -2.21. The third-order valence-corrected chi connectivity index (χ3v) is 4.73. The maximum absolute atomic E-state index is 12.1. The number of ether oxygens (including phenoxy) is 1. The first-order valence-corrected chi connectivity index (χ1v) is 7.57. The Labute approximate surface area is 132 Å². The minimum Gasteiger partial charge on any atom is -0.453 e. The summed E-state index contributed by atoms with van der Waals surface area (Å²) in [6.07, 6.45) is 0. The lowest BCUT2D eigenvalue weighted by Gasteiger charge is -2.03. The highest BCUT2D eigenvalue weighted by Crippen LogP contribution is 2.18. The molecule has 0 aliphatic rings. The molecule has 2 rings (SSSR count). The number of carbonyl (C=O) groups is 3. The third-order valence-electron chi connectivity index (χ3n) is 3.56. The average molecular weight is 319 g/mol. The molecule has 2 heterocycles. The number of thiophene rings is 1. The molecule has 0 radical (unpaired) electrons. The molecule has 0 N–H and O–H groups in total. The zero-order chi connectivity index (χ0) is 16.4. The first kappa shape index (κ1) is 16.2. The number of Topliss-reactive ketones (excluding diaryl/α,β-unsaturated/α-hetero) is 2. The predicted molar refractivity (Wildman–Crippen MR) is 83.8 cm³/mol. The first-order valence-electron chi connectivity index (χ1n) is 6.75. The van der Waals surface area contributed by atoms with E-state index in [1.165, 1.54) is 13.0 Å². The summed E-state index contributed by atoms with van der Waals surface area (Å²) in [5.41, 5.74) is 2.37. The van der Waals surface area contributed by atoms with Crippen LogP contribution in [0.5, 0.6) is 0 Å². The molecular weight excluding hydrogens is 302 g/mol. The Morgan fingerprint density at radius 2 is 1.82 bits per heavy atom. The van der Waals surface area contributed by atoms with Crippen LogP contribution in [0.25, 0.3) is 0 Å². The molecule has 116 valence electrons. The van der Waals surface area contributed by atoms with Gasteiger partial charge in [0.2, 0.25) is 5.78 Å². The second-order valence-electron chi connectivity index (χ2n) is 5.06. The summed E-state index contributed by atoms with van der Waals surface area (Å²) in [6.45, 7) is 4.88. The van der Waals surface area contributed by atoms with E-state index in [4.69, 9.17) is 4.74 Å². The Morgan fingerprint density at radius 1 is 1.18 bits per heavy atom. The minimum absolute atomic E-state index is 0.101. The van der Waals surface area contributed by atoms with Gasteiger partial charge in [-0.2, -0.15) is 0 Å². The molecule has 2 aromatic heterocycles. The molecule has 0 saturated carbocycles. The molecule has 0 unspecified atom stereocenters. The van der Waals surface area contributed by atoms with Crippen LogP contribution in [0.3, 0.4) is 0 Å². The van der Waals surface area contributed by atoms with Gasteiger partial charge in [0, 0.05) is 24.0 Å². The number of hydrogen-bond acceptors (Lipinski definition) is 5. The second-order valence-corrected chi connectivity index (χ2v) is 6.15. The van der Waals surface area contributed by atoms with E-state index in [-0.39, 0.29) is 18.2 Å². The van der Waals surface area contributed by atoms with Crippen molar-refractivity contribution >= 4 is 28.9 Å². The zero-order valence-electron chi connectivity index (χ0n) is 12.9. The maximum Gasteiger partial charge on any atom is 0.348 e. The normalized spacial score (nSPS) is 10.5. The lowest BCUT2D eigenvalue weighted by Crippen LogP contribution is -2.14. The molecule has 0 aliphatic carbocycles. The van der Waals surface area contributed by atoms with Gasteiger partial charge in [0.15, 0.2) is 12.4 Å². The van der Waals surface area contributed by atoms with Crippen LogP contribution in [-0.2, 0) is 11.8 Å². The molecule has 5 nitrogen and oxygen atoms in total.